The fraction of sp³-hybridized carbons (Fsp3) is 0.643. The summed E-state index contributed by atoms with van der Waals surface area (Å²) in [5.41, 5.74) is 0.0595. The van der Waals surface area contributed by atoms with Crippen LogP contribution in [0.4, 0.5) is 4.79 Å². The van der Waals surface area contributed by atoms with E-state index in [4.69, 9.17) is 23.2 Å². The molecular formula is C14H21Cl2N3O2. The van der Waals surface area contributed by atoms with Crippen molar-refractivity contribution in [2.45, 2.75) is 44.2 Å². The molecule has 1 heterocycles. The SMILES string of the molecule is Cn1c(CNC(=O)NCC2(O)CCCCC2)cc(Cl)c1Cl. The van der Waals surface area contributed by atoms with Crippen LogP contribution >= 0.6 is 23.2 Å². The highest BCUT2D eigenvalue weighted by atomic mass is 35.5. The first-order chi connectivity index (χ1) is 9.91. The third-order valence-corrected chi connectivity index (χ3v) is 4.85. The van der Waals surface area contributed by atoms with Gasteiger partial charge >= 0.3 is 6.03 Å². The molecule has 0 unspecified atom stereocenters. The van der Waals surface area contributed by atoms with Crippen LogP contribution in [0.3, 0.4) is 0 Å². The molecule has 5 nitrogen and oxygen atoms in total. The molecule has 118 valence electrons. The summed E-state index contributed by atoms with van der Waals surface area (Å²) in [4.78, 5) is 11.8. The Morgan fingerprint density at radius 3 is 2.57 bits per heavy atom. The Kier molecular flexibility index (Phi) is 5.41. The summed E-state index contributed by atoms with van der Waals surface area (Å²) in [5.74, 6) is 0. The number of aromatic nitrogens is 1. The molecule has 1 saturated carbocycles. The smallest absolute Gasteiger partial charge is 0.315 e. The fourth-order valence-electron chi connectivity index (χ4n) is 2.62. The normalized spacial score (nSPS) is 17.5. The molecule has 1 aromatic rings. The van der Waals surface area contributed by atoms with Gasteiger partial charge in [-0.3, -0.25) is 0 Å². The summed E-state index contributed by atoms with van der Waals surface area (Å²) in [5, 5.41) is 16.7. The van der Waals surface area contributed by atoms with E-state index in [0.717, 1.165) is 37.8 Å². The number of rotatable bonds is 4. The van der Waals surface area contributed by atoms with Crippen molar-refractivity contribution in [2.75, 3.05) is 6.54 Å². The van der Waals surface area contributed by atoms with Crippen LogP contribution in [-0.2, 0) is 13.6 Å². The summed E-state index contributed by atoms with van der Waals surface area (Å²) >= 11 is 11.9. The molecule has 1 aromatic heterocycles. The first-order valence-corrected chi connectivity index (χ1v) is 7.90. The summed E-state index contributed by atoms with van der Waals surface area (Å²) < 4.78 is 1.72. The molecule has 0 aliphatic heterocycles. The van der Waals surface area contributed by atoms with Gasteiger partial charge in [-0.05, 0) is 18.9 Å². The van der Waals surface area contributed by atoms with Gasteiger partial charge < -0.3 is 20.3 Å². The van der Waals surface area contributed by atoms with Gasteiger partial charge in [-0.25, -0.2) is 4.79 Å². The minimum atomic E-state index is -0.757. The van der Waals surface area contributed by atoms with E-state index < -0.39 is 5.60 Å². The van der Waals surface area contributed by atoms with Gasteiger partial charge in [-0.1, -0.05) is 42.5 Å². The second kappa shape index (κ2) is 6.90. The molecule has 0 atom stereocenters. The van der Waals surface area contributed by atoms with Crippen LogP contribution in [0.1, 0.15) is 37.8 Å². The maximum Gasteiger partial charge on any atom is 0.315 e. The molecule has 2 rings (SSSR count). The molecule has 0 saturated heterocycles. The van der Waals surface area contributed by atoms with Gasteiger partial charge in [-0.15, -0.1) is 0 Å². The van der Waals surface area contributed by atoms with Crippen LogP contribution in [0, 0.1) is 0 Å². The number of carbonyl (C=O) groups excluding carboxylic acids is 1. The number of urea groups is 1. The Morgan fingerprint density at radius 2 is 2.00 bits per heavy atom. The number of amides is 2. The third-order valence-electron chi connectivity index (χ3n) is 4.01. The number of halogens is 2. The van der Waals surface area contributed by atoms with Gasteiger partial charge in [-0.2, -0.15) is 0 Å². The van der Waals surface area contributed by atoms with Crippen molar-refractivity contribution in [3.05, 3.63) is 21.9 Å². The Morgan fingerprint density at radius 1 is 1.33 bits per heavy atom. The predicted molar refractivity (Wildman–Crippen MR) is 83.7 cm³/mol. The molecular weight excluding hydrogens is 313 g/mol. The van der Waals surface area contributed by atoms with Gasteiger partial charge in [0.05, 0.1) is 17.2 Å². The lowest BCUT2D eigenvalue weighted by atomic mass is 9.85. The Hall–Kier alpha value is -0.910. The number of hydrogen-bond donors (Lipinski definition) is 3. The van der Waals surface area contributed by atoms with Gasteiger partial charge in [0.1, 0.15) is 5.15 Å². The Balaban J connectivity index is 1.78. The lowest BCUT2D eigenvalue weighted by Gasteiger charge is -2.32. The van der Waals surface area contributed by atoms with Crippen LogP contribution in [-0.4, -0.2) is 27.9 Å². The molecule has 7 heteroatoms. The lowest BCUT2D eigenvalue weighted by Crippen LogP contribution is -2.47. The number of hydrogen-bond acceptors (Lipinski definition) is 2. The highest BCUT2D eigenvalue weighted by molar-refractivity contribution is 6.41. The van der Waals surface area contributed by atoms with Gasteiger partial charge in [0, 0.05) is 19.3 Å². The predicted octanol–water partition coefficient (Wildman–Crippen LogP) is 2.83. The average Bonchev–Trinajstić information content (AvgIpc) is 2.71. The number of carbonyl (C=O) groups is 1. The van der Waals surface area contributed by atoms with E-state index in [9.17, 15) is 9.90 Å². The molecule has 1 aliphatic carbocycles. The summed E-state index contributed by atoms with van der Waals surface area (Å²) in [7, 11) is 1.79. The van der Waals surface area contributed by atoms with E-state index in [1.807, 2.05) is 0 Å². The molecule has 0 aromatic carbocycles. The first kappa shape index (κ1) is 16.5. The third kappa shape index (κ3) is 4.28. The largest absolute Gasteiger partial charge is 0.388 e. The van der Waals surface area contributed by atoms with E-state index in [1.165, 1.54) is 0 Å². The summed E-state index contributed by atoms with van der Waals surface area (Å²) in [6.07, 6.45) is 4.68. The van der Waals surface area contributed by atoms with Gasteiger partial charge in [0.25, 0.3) is 0 Å². The Bertz CT molecular complexity index is 511. The zero-order chi connectivity index (χ0) is 15.5. The highest BCUT2D eigenvalue weighted by Gasteiger charge is 2.29. The van der Waals surface area contributed by atoms with Crippen molar-refractivity contribution in [3.63, 3.8) is 0 Å². The topological polar surface area (TPSA) is 66.3 Å². The molecule has 3 N–H and O–H groups in total. The summed E-state index contributed by atoms with van der Waals surface area (Å²) in [6.45, 7) is 0.612. The minimum Gasteiger partial charge on any atom is -0.388 e. The van der Waals surface area contributed by atoms with Crippen molar-refractivity contribution >= 4 is 29.2 Å². The van der Waals surface area contributed by atoms with Crippen molar-refractivity contribution < 1.29 is 9.90 Å². The maximum absolute atomic E-state index is 11.8. The minimum absolute atomic E-state index is 0.285. The Labute approximate surface area is 134 Å². The molecule has 1 fully saturated rings. The lowest BCUT2D eigenvalue weighted by molar-refractivity contribution is 0.00719. The van der Waals surface area contributed by atoms with E-state index >= 15 is 0 Å². The maximum atomic E-state index is 11.8. The van der Waals surface area contributed by atoms with Crippen molar-refractivity contribution in [1.82, 2.24) is 15.2 Å². The van der Waals surface area contributed by atoms with Crippen LogP contribution in [0.2, 0.25) is 10.2 Å². The summed E-state index contributed by atoms with van der Waals surface area (Å²) in [6, 6.07) is 1.42. The first-order valence-electron chi connectivity index (χ1n) is 7.15. The molecule has 21 heavy (non-hydrogen) atoms. The van der Waals surface area contributed by atoms with Gasteiger partial charge in [0.2, 0.25) is 0 Å². The standard InChI is InChI=1S/C14H21Cl2N3O2/c1-19-10(7-11(15)12(19)16)8-17-13(20)18-9-14(21)5-3-2-4-6-14/h7,21H,2-6,8-9H2,1H3,(H2,17,18,20). The van der Waals surface area contributed by atoms with Crippen molar-refractivity contribution in [3.8, 4) is 0 Å². The van der Waals surface area contributed by atoms with E-state index in [1.54, 1.807) is 17.7 Å². The monoisotopic (exact) mass is 333 g/mol. The zero-order valence-electron chi connectivity index (χ0n) is 12.1. The van der Waals surface area contributed by atoms with Crippen LogP contribution in [0.5, 0.6) is 0 Å². The zero-order valence-corrected chi connectivity index (χ0v) is 13.6. The van der Waals surface area contributed by atoms with E-state index in [-0.39, 0.29) is 12.6 Å². The molecule has 0 bridgehead atoms. The quantitative estimate of drug-likeness (QED) is 0.793. The van der Waals surface area contributed by atoms with Crippen molar-refractivity contribution in [2.24, 2.45) is 7.05 Å². The number of nitrogens with one attached hydrogen (secondary N) is 2. The molecule has 2 amide bonds. The molecule has 0 spiro atoms. The van der Waals surface area contributed by atoms with Gasteiger partial charge in [0.15, 0.2) is 0 Å². The van der Waals surface area contributed by atoms with E-state index in [0.29, 0.717) is 16.7 Å². The van der Waals surface area contributed by atoms with Crippen LogP contribution < -0.4 is 10.6 Å². The fourth-order valence-corrected chi connectivity index (χ4v) is 3.04. The van der Waals surface area contributed by atoms with Crippen LogP contribution in [0.25, 0.3) is 0 Å². The number of nitrogens with zero attached hydrogens (tertiary/aromatic N) is 1. The molecule has 0 radical (unpaired) electrons. The van der Waals surface area contributed by atoms with E-state index in [2.05, 4.69) is 10.6 Å². The molecule has 1 aliphatic rings. The second-order valence-electron chi connectivity index (χ2n) is 5.65. The number of aliphatic hydroxyl groups is 1. The van der Waals surface area contributed by atoms with Crippen LogP contribution in [0.15, 0.2) is 6.07 Å². The highest BCUT2D eigenvalue weighted by Crippen LogP contribution is 2.27. The average molecular weight is 334 g/mol. The van der Waals surface area contributed by atoms with Crippen molar-refractivity contribution in [1.29, 1.82) is 0 Å². The second-order valence-corrected chi connectivity index (χ2v) is 6.42.